The van der Waals surface area contributed by atoms with Crippen molar-refractivity contribution in [2.45, 2.75) is 18.4 Å². The van der Waals surface area contributed by atoms with E-state index in [-0.39, 0.29) is 11.5 Å². The van der Waals surface area contributed by atoms with Crippen molar-refractivity contribution in [3.8, 4) is 0 Å². The van der Waals surface area contributed by atoms with Crippen LogP contribution in [0, 0.1) is 6.92 Å². The molecule has 2 N–H and O–H groups in total. The quantitative estimate of drug-likeness (QED) is 0.885. The summed E-state index contributed by atoms with van der Waals surface area (Å²) >= 11 is 3.23. The Morgan fingerprint density at radius 3 is 2.55 bits per heavy atom. The first-order valence-electron chi connectivity index (χ1n) is 5.92. The first-order valence-corrected chi connectivity index (χ1v) is 8.19. The Bertz CT molecular complexity index is 729. The third kappa shape index (κ3) is 3.20. The number of sulfonamides is 1. The van der Waals surface area contributed by atoms with Gasteiger partial charge in [0.15, 0.2) is 0 Å². The van der Waals surface area contributed by atoms with E-state index in [2.05, 4.69) is 20.7 Å². The molecule has 2 aromatic carbocycles. The smallest absolute Gasteiger partial charge is 0.263 e. The average Bonchev–Trinajstić information content (AvgIpc) is 2.41. The predicted octanol–water partition coefficient (Wildman–Crippen LogP) is 3.05. The monoisotopic (exact) mass is 355 g/mol. The SMILES string of the molecule is Cc1ccc(CO)cc1NS(=O)(=O)c1ccccc1Br. The van der Waals surface area contributed by atoms with Gasteiger partial charge >= 0.3 is 0 Å². The second-order valence-electron chi connectivity index (χ2n) is 4.34. The number of aryl methyl sites for hydroxylation is 1. The molecule has 0 radical (unpaired) electrons. The van der Waals surface area contributed by atoms with E-state index >= 15 is 0 Å². The molecule has 2 rings (SSSR count). The molecular weight excluding hydrogens is 342 g/mol. The van der Waals surface area contributed by atoms with Crippen molar-refractivity contribution >= 4 is 31.6 Å². The van der Waals surface area contributed by atoms with Gasteiger partial charge in [-0.1, -0.05) is 24.3 Å². The summed E-state index contributed by atoms with van der Waals surface area (Å²) in [4.78, 5) is 0.175. The van der Waals surface area contributed by atoms with Crippen molar-refractivity contribution in [2.75, 3.05) is 4.72 Å². The van der Waals surface area contributed by atoms with Crippen LogP contribution in [0.2, 0.25) is 0 Å². The Morgan fingerprint density at radius 1 is 1.20 bits per heavy atom. The number of hydrogen-bond donors (Lipinski definition) is 2. The number of aliphatic hydroxyl groups is 1. The molecule has 0 amide bonds. The molecule has 20 heavy (non-hydrogen) atoms. The average molecular weight is 356 g/mol. The molecule has 0 atom stereocenters. The fourth-order valence-electron chi connectivity index (χ4n) is 1.74. The highest BCUT2D eigenvalue weighted by Gasteiger charge is 2.18. The summed E-state index contributed by atoms with van der Waals surface area (Å²) in [5.74, 6) is 0. The van der Waals surface area contributed by atoms with Gasteiger partial charge in [-0.15, -0.1) is 0 Å². The second-order valence-corrected chi connectivity index (χ2v) is 6.85. The van der Waals surface area contributed by atoms with Crippen LogP contribution in [0.1, 0.15) is 11.1 Å². The molecule has 106 valence electrons. The van der Waals surface area contributed by atoms with E-state index in [4.69, 9.17) is 5.11 Å². The maximum absolute atomic E-state index is 12.4. The number of rotatable bonds is 4. The van der Waals surface area contributed by atoms with Crippen LogP contribution >= 0.6 is 15.9 Å². The maximum atomic E-state index is 12.4. The molecule has 0 aliphatic heterocycles. The van der Waals surface area contributed by atoms with Crippen molar-refractivity contribution in [3.05, 3.63) is 58.1 Å². The molecule has 0 heterocycles. The Morgan fingerprint density at radius 2 is 1.90 bits per heavy atom. The van der Waals surface area contributed by atoms with E-state index in [0.717, 1.165) is 5.56 Å². The number of anilines is 1. The standard InChI is InChI=1S/C14H14BrNO3S/c1-10-6-7-11(9-17)8-13(10)16-20(18,19)14-5-3-2-4-12(14)15/h2-8,16-17H,9H2,1H3. The first-order chi connectivity index (χ1) is 9.44. The molecule has 0 spiro atoms. The number of halogens is 1. The van der Waals surface area contributed by atoms with Gasteiger partial charge in [0.2, 0.25) is 0 Å². The number of hydrogen-bond acceptors (Lipinski definition) is 3. The Balaban J connectivity index is 2.41. The molecular formula is C14H14BrNO3S. The van der Waals surface area contributed by atoms with Gasteiger partial charge in [-0.3, -0.25) is 4.72 Å². The third-order valence-electron chi connectivity index (χ3n) is 2.86. The van der Waals surface area contributed by atoms with Crippen molar-refractivity contribution in [1.82, 2.24) is 0 Å². The summed E-state index contributed by atoms with van der Waals surface area (Å²) in [6, 6.07) is 11.8. The fraction of sp³-hybridized carbons (Fsp3) is 0.143. The molecule has 2 aromatic rings. The van der Waals surface area contributed by atoms with E-state index in [0.29, 0.717) is 15.7 Å². The van der Waals surface area contributed by atoms with Crippen LogP contribution in [-0.2, 0) is 16.6 Å². The van der Waals surface area contributed by atoms with E-state index in [1.54, 1.807) is 43.3 Å². The molecule has 0 aliphatic rings. The zero-order valence-electron chi connectivity index (χ0n) is 10.8. The summed E-state index contributed by atoms with van der Waals surface area (Å²) in [6.45, 7) is 1.67. The molecule has 4 nitrogen and oxygen atoms in total. The summed E-state index contributed by atoms with van der Waals surface area (Å²) in [5, 5.41) is 9.13. The van der Waals surface area contributed by atoms with Crippen LogP contribution in [0.4, 0.5) is 5.69 Å². The Labute approximate surface area is 126 Å². The van der Waals surface area contributed by atoms with Crippen LogP contribution in [-0.4, -0.2) is 13.5 Å². The largest absolute Gasteiger partial charge is 0.392 e. The van der Waals surface area contributed by atoms with Gasteiger partial charge in [-0.05, 0) is 52.2 Å². The highest BCUT2D eigenvalue weighted by Crippen LogP contribution is 2.25. The maximum Gasteiger partial charge on any atom is 0.263 e. The lowest BCUT2D eigenvalue weighted by molar-refractivity contribution is 0.282. The van der Waals surface area contributed by atoms with Crippen LogP contribution in [0.5, 0.6) is 0 Å². The fourth-order valence-corrected chi connectivity index (χ4v) is 3.87. The van der Waals surface area contributed by atoms with Crippen LogP contribution < -0.4 is 4.72 Å². The lowest BCUT2D eigenvalue weighted by atomic mass is 10.1. The van der Waals surface area contributed by atoms with Crippen molar-refractivity contribution < 1.29 is 13.5 Å². The van der Waals surface area contributed by atoms with Crippen LogP contribution in [0.25, 0.3) is 0 Å². The van der Waals surface area contributed by atoms with Crippen LogP contribution in [0.3, 0.4) is 0 Å². The molecule has 0 fully saturated rings. The highest BCUT2D eigenvalue weighted by molar-refractivity contribution is 9.10. The highest BCUT2D eigenvalue weighted by atomic mass is 79.9. The van der Waals surface area contributed by atoms with E-state index in [1.807, 2.05) is 0 Å². The molecule has 0 bridgehead atoms. The normalized spacial score (nSPS) is 11.3. The van der Waals surface area contributed by atoms with Crippen molar-refractivity contribution in [2.24, 2.45) is 0 Å². The van der Waals surface area contributed by atoms with Gasteiger partial charge in [-0.2, -0.15) is 0 Å². The number of aliphatic hydroxyl groups excluding tert-OH is 1. The van der Waals surface area contributed by atoms with E-state index in [9.17, 15) is 8.42 Å². The lowest BCUT2D eigenvalue weighted by Gasteiger charge is -2.12. The lowest BCUT2D eigenvalue weighted by Crippen LogP contribution is -2.14. The second kappa shape index (κ2) is 5.95. The topological polar surface area (TPSA) is 66.4 Å². The van der Waals surface area contributed by atoms with Crippen LogP contribution in [0.15, 0.2) is 51.8 Å². The molecule has 6 heteroatoms. The van der Waals surface area contributed by atoms with Gasteiger partial charge in [0.25, 0.3) is 10.0 Å². The molecule has 0 aliphatic carbocycles. The summed E-state index contributed by atoms with van der Waals surface area (Å²) < 4.78 is 27.8. The minimum absolute atomic E-state index is 0.135. The zero-order valence-corrected chi connectivity index (χ0v) is 13.2. The molecule has 0 unspecified atom stereocenters. The van der Waals surface area contributed by atoms with Crippen molar-refractivity contribution in [1.29, 1.82) is 0 Å². The molecule has 0 saturated heterocycles. The Hall–Kier alpha value is -1.37. The molecule has 0 aromatic heterocycles. The van der Waals surface area contributed by atoms with E-state index in [1.165, 1.54) is 6.07 Å². The zero-order chi connectivity index (χ0) is 14.8. The summed E-state index contributed by atoms with van der Waals surface area (Å²) in [5.41, 5.74) is 1.91. The number of benzene rings is 2. The van der Waals surface area contributed by atoms with E-state index < -0.39 is 10.0 Å². The Kier molecular flexibility index (Phi) is 4.47. The van der Waals surface area contributed by atoms with Gasteiger partial charge < -0.3 is 5.11 Å². The minimum Gasteiger partial charge on any atom is -0.392 e. The first kappa shape index (κ1) is 15.0. The minimum atomic E-state index is -3.67. The predicted molar refractivity (Wildman–Crippen MR) is 82.1 cm³/mol. The van der Waals surface area contributed by atoms with Gasteiger partial charge in [0, 0.05) is 4.47 Å². The third-order valence-corrected chi connectivity index (χ3v) is 5.23. The number of nitrogens with one attached hydrogen (secondary N) is 1. The van der Waals surface area contributed by atoms with Gasteiger partial charge in [0.05, 0.1) is 12.3 Å². The van der Waals surface area contributed by atoms with Gasteiger partial charge in [0.1, 0.15) is 4.90 Å². The van der Waals surface area contributed by atoms with Gasteiger partial charge in [-0.25, -0.2) is 8.42 Å². The summed E-state index contributed by atoms with van der Waals surface area (Å²) in [6.07, 6.45) is 0. The summed E-state index contributed by atoms with van der Waals surface area (Å²) in [7, 11) is -3.67. The molecule has 0 saturated carbocycles. The van der Waals surface area contributed by atoms with Crippen molar-refractivity contribution in [3.63, 3.8) is 0 Å².